The second kappa shape index (κ2) is 29.6. The predicted molar refractivity (Wildman–Crippen MR) is 143 cm³/mol. The Morgan fingerprint density at radius 3 is 0.909 bits per heavy atom. The van der Waals surface area contributed by atoms with Crippen LogP contribution in [0.1, 0.15) is 119 Å². The van der Waals surface area contributed by atoms with E-state index in [1.54, 1.807) is 0 Å². The van der Waals surface area contributed by atoms with Crippen molar-refractivity contribution < 1.29 is 18.4 Å². The maximum absolute atomic E-state index is 5.93. The fourth-order valence-electron chi connectivity index (χ4n) is 2.36. The molecule has 1 radical (unpaired) electrons. The molecule has 0 bridgehead atoms. The van der Waals surface area contributed by atoms with Crippen molar-refractivity contribution in [3.05, 3.63) is 0 Å². The van der Waals surface area contributed by atoms with E-state index in [4.69, 9.17) is 18.4 Å². The first kappa shape index (κ1) is 36.5. The van der Waals surface area contributed by atoms with Crippen LogP contribution in [0.2, 0.25) is 4.94 Å². The summed E-state index contributed by atoms with van der Waals surface area (Å²) < 4.78 is 35.0. The van der Waals surface area contributed by atoms with Gasteiger partial charge in [0.1, 0.15) is 0 Å². The fraction of sp³-hybridized carbons (Fsp3) is 1.00. The van der Waals surface area contributed by atoms with Crippen molar-refractivity contribution in [1.29, 1.82) is 0 Å². The van der Waals surface area contributed by atoms with Crippen LogP contribution in [0.5, 0.6) is 0 Å². The van der Waals surface area contributed by atoms with Gasteiger partial charge in [-0.25, -0.2) is 0 Å². The zero-order chi connectivity index (χ0) is 25.0. The third-order valence-electron chi connectivity index (χ3n) is 4.74. The Kier molecular flexibility index (Phi) is 32.7. The van der Waals surface area contributed by atoms with Crippen LogP contribution in [0, 0.1) is 0 Å². The summed E-state index contributed by atoms with van der Waals surface area (Å²) in [5, 5.41) is 0. The topological polar surface area (TPSA) is 55.4 Å². The minimum atomic E-state index is -3.14. The van der Waals surface area contributed by atoms with Crippen LogP contribution < -0.4 is 0 Å². The molecule has 6 nitrogen and oxygen atoms in total. The molecular formula is C25H57O6Sn2. The Morgan fingerprint density at radius 1 is 0.424 bits per heavy atom. The molecule has 0 unspecified atom stereocenters. The molecule has 33 heavy (non-hydrogen) atoms. The molecule has 0 aromatic carbocycles. The van der Waals surface area contributed by atoms with Gasteiger partial charge in [-0.05, 0) is 0 Å². The molecule has 0 saturated heterocycles. The van der Waals surface area contributed by atoms with Crippen molar-refractivity contribution in [3.8, 4) is 0 Å². The van der Waals surface area contributed by atoms with Crippen LogP contribution in [-0.4, -0.2) is 80.3 Å². The molecule has 0 spiro atoms. The zero-order valence-electron chi connectivity index (χ0n) is 23.2. The molecule has 8 heteroatoms. The van der Waals surface area contributed by atoms with Crippen molar-refractivity contribution in [2.75, 3.05) is 39.6 Å². The van der Waals surface area contributed by atoms with Gasteiger partial charge < -0.3 is 0 Å². The molecule has 0 N–H and O–H groups in total. The molecule has 0 aliphatic rings. The van der Waals surface area contributed by atoms with Gasteiger partial charge in [0.25, 0.3) is 0 Å². The number of rotatable bonds is 24. The summed E-state index contributed by atoms with van der Waals surface area (Å²) in [5.41, 5.74) is 0. The van der Waals surface area contributed by atoms with Crippen molar-refractivity contribution in [2.24, 2.45) is 0 Å². The Balaban J connectivity index is 0. The normalized spacial score (nSPS) is 11.6. The summed E-state index contributed by atoms with van der Waals surface area (Å²) in [7, 11) is 0. The van der Waals surface area contributed by atoms with Crippen molar-refractivity contribution in [1.82, 2.24) is 0 Å². The van der Waals surface area contributed by atoms with E-state index in [-0.39, 0.29) is 0 Å². The number of hydrogen-bond donors (Lipinski definition) is 0. The molecule has 0 fully saturated rings. The molecule has 0 aromatic heterocycles. The van der Waals surface area contributed by atoms with Crippen LogP contribution >= 0.6 is 0 Å². The Morgan fingerprint density at radius 2 is 0.667 bits per heavy atom. The van der Waals surface area contributed by atoms with Gasteiger partial charge in [-0.2, -0.15) is 0 Å². The van der Waals surface area contributed by atoms with E-state index in [0.717, 1.165) is 97.4 Å². The van der Waals surface area contributed by atoms with Gasteiger partial charge in [0, 0.05) is 0 Å². The Bertz CT molecular complexity index is 313. The molecule has 0 saturated carbocycles. The van der Waals surface area contributed by atoms with E-state index >= 15 is 0 Å². The van der Waals surface area contributed by atoms with Crippen molar-refractivity contribution >= 4 is 40.6 Å². The zero-order valence-corrected chi connectivity index (χ0v) is 28.9. The first-order valence-electron chi connectivity index (χ1n) is 13.7. The third kappa shape index (κ3) is 27.8. The summed E-state index contributed by atoms with van der Waals surface area (Å²) >= 11 is -5.54. The van der Waals surface area contributed by atoms with E-state index in [9.17, 15) is 0 Å². The van der Waals surface area contributed by atoms with Crippen LogP contribution in [0.25, 0.3) is 0 Å². The number of unbranched alkanes of at least 4 members (excludes halogenated alkanes) is 6. The summed E-state index contributed by atoms with van der Waals surface area (Å²) in [6.07, 6.45) is 13.6. The summed E-state index contributed by atoms with van der Waals surface area (Å²) in [6, 6.07) is 0. The molecule has 0 atom stereocenters. The summed E-state index contributed by atoms with van der Waals surface area (Å²) in [4.78, 5) is 2.09. The van der Waals surface area contributed by atoms with Gasteiger partial charge in [-0.1, -0.05) is 0 Å². The SMILES string of the molecule is CCCC[O][Sn]([CH3])([O]CCCC)[O]CCCC.CCCC[O][Sn]([O]CCCC)[O]CCCC. The first-order valence-corrected chi connectivity index (χ1v) is 23.5. The van der Waals surface area contributed by atoms with E-state index in [1.807, 2.05) is 0 Å². The van der Waals surface area contributed by atoms with Crippen molar-refractivity contribution in [2.45, 2.75) is 124 Å². The molecule has 0 heterocycles. The molecule has 0 amide bonds. The molecule has 0 aromatic rings. The quantitative estimate of drug-likeness (QED) is 0.0776. The standard InChI is InChI=1S/6C4H9O.CH3.2Sn/c6*1-2-3-4-5;;;/h6*2-4H2,1H3;1H3;;/q6*-1;;2*+3. The Hall–Kier alpha value is 1.36. The van der Waals surface area contributed by atoms with Crippen LogP contribution in [0.3, 0.4) is 0 Å². The fourth-order valence-corrected chi connectivity index (χ4v) is 10.9. The molecular weight excluding hydrogens is 634 g/mol. The summed E-state index contributed by atoms with van der Waals surface area (Å²) in [5.74, 6) is 0. The molecule has 201 valence electrons. The van der Waals surface area contributed by atoms with E-state index < -0.39 is 40.6 Å². The first-order chi connectivity index (χ1) is 16.0. The molecule has 0 aliphatic heterocycles. The second-order valence-corrected chi connectivity index (χ2v) is 19.6. The summed E-state index contributed by atoms with van der Waals surface area (Å²) in [6.45, 7) is 17.8. The van der Waals surface area contributed by atoms with Gasteiger partial charge in [-0.3, -0.25) is 0 Å². The predicted octanol–water partition coefficient (Wildman–Crippen LogP) is 7.43. The number of hydrogen-bond acceptors (Lipinski definition) is 6. The van der Waals surface area contributed by atoms with Gasteiger partial charge >= 0.3 is 222 Å². The Labute approximate surface area is 221 Å². The van der Waals surface area contributed by atoms with Gasteiger partial charge in [-0.15, -0.1) is 0 Å². The van der Waals surface area contributed by atoms with Crippen molar-refractivity contribution in [3.63, 3.8) is 0 Å². The average Bonchev–Trinajstić information content (AvgIpc) is 2.80. The van der Waals surface area contributed by atoms with E-state index in [0.29, 0.717) is 0 Å². The van der Waals surface area contributed by atoms with E-state index in [1.165, 1.54) is 19.3 Å². The van der Waals surface area contributed by atoms with Gasteiger partial charge in [0.2, 0.25) is 0 Å². The van der Waals surface area contributed by atoms with Crippen LogP contribution in [-0.2, 0) is 18.4 Å². The monoisotopic (exact) mass is 693 g/mol. The van der Waals surface area contributed by atoms with E-state index in [2.05, 4.69) is 46.5 Å². The average molecular weight is 691 g/mol. The third-order valence-corrected chi connectivity index (χ3v) is 14.7. The molecule has 0 aliphatic carbocycles. The van der Waals surface area contributed by atoms with Gasteiger partial charge in [0.05, 0.1) is 0 Å². The molecule has 0 rings (SSSR count). The van der Waals surface area contributed by atoms with Crippen LogP contribution in [0.15, 0.2) is 0 Å². The van der Waals surface area contributed by atoms with Crippen LogP contribution in [0.4, 0.5) is 0 Å². The minimum absolute atomic E-state index is 0.793. The second-order valence-electron chi connectivity index (χ2n) is 8.32. The van der Waals surface area contributed by atoms with Gasteiger partial charge in [0.15, 0.2) is 0 Å². The maximum atomic E-state index is 5.93.